The number of aryl methyl sites for hydroxylation is 2. The highest BCUT2D eigenvalue weighted by molar-refractivity contribution is 8.00. The van der Waals surface area contributed by atoms with Crippen molar-refractivity contribution in [3.05, 3.63) is 41.1 Å². The number of carbonyl (C=O) groups is 1. The minimum absolute atomic E-state index is 0.130. The molecule has 0 fully saturated rings. The second-order valence-corrected chi connectivity index (χ2v) is 8.99. The number of thioether (sulfide) groups is 1. The van der Waals surface area contributed by atoms with E-state index in [1.165, 1.54) is 23.1 Å². The molecule has 1 aliphatic carbocycles. The van der Waals surface area contributed by atoms with E-state index in [0.29, 0.717) is 22.1 Å². The molecule has 2 aromatic heterocycles. The van der Waals surface area contributed by atoms with Gasteiger partial charge in [0.2, 0.25) is 5.91 Å². The van der Waals surface area contributed by atoms with Crippen LogP contribution in [0, 0.1) is 11.3 Å². The van der Waals surface area contributed by atoms with E-state index in [2.05, 4.69) is 21.4 Å². The van der Waals surface area contributed by atoms with E-state index in [9.17, 15) is 10.1 Å². The summed E-state index contributed by atoms with van der Waals surface area (Å²) in [5.74, 6) is 0.627. The number of thiazole rings is 1. The van der Waals surface area contributed by atoms with Crippen LogP contribution in [0.3, 0.4) is 0 Å². The molecule has 1 N–H and O–H groups in total. The number of hydrogen-bond acceptors (Lipinski definition) is 7. The fourth-order valence-corrected chi connectivity index (χ4v) is 5.25. The summed E-state index contributed by atoms with van der Waals surface area (Å²) in [4.78, 5) is 22.1. The van der Waals surface area contributed by atoms with Crippen molar-refractivity contribution >= 4 is 44.4 Å². The van der Waals surface area contributed by atoms with Gasteiger partial charge < -0.3 is 10.1 Å². The van der Waals surface area contributed by atoms with Crippen molar-refractivity contribution in [2.75, 3.05) is 12.4 Å². The van der Waals surface area contributed by atoms with Crippen molar-refractivity contribution < 1.29 is 9.53 Å². The summed E-state index contributed by atoms with van der Waals surface area (Å²) >= 11 is 2.77. The van der Waals surface area contributed by atoms with Crippen LogP contribution in [-0.2, 0) is 17.6 Å². The van der Waals surface area contributed by atoms with Gasteiger partial charge in [-0.3, -0.25) is 4.79 Å². The van der Waals surface area contributed by atoms with Crippen LogP contribution >= 0.6 is 23.1 Å². The second-order valence-electron chi connectivity index (χ2n) is 6.77. The maximum Gasteiger partial charge on any atom is 0.239 e. The number of hydrogen-bond donors (Lipinski definition) is 1. The standard InChI is InChI=1S/C21H20N4O2S2/c1-3-17(28-20-13(11-22)9-12-5-4-6-15(12)23-20)19(26)25-21-24-16-8-7-14(27-2)10-18(16)29-21/h7-10,17H,3-6H2,1-2H3,(H,24,25,26). The Morgan fingerprint density at radius 1 is 1.38 bits per heavy atom. The van der Waals surface area contributed by atoms with Gasteiger partial charge in [0, 0.05) is 5.69 Å². The number of nitriles is 1. The molecule has 0 aliphatic heterocycles. The SMILES string of the molecule is CCC(Sc1nc2c(cc1C#N)CCC2)C(=O)Nc1nc2ccc(OC)cc2s1. The van der Waals surface area contributed by atoms with Gasteiger partial charge in [-0.15, -0.1) is 0 Å². The fraction of sp³-hybridized carbons (Fsp3) is 0.333. The van der Waals surface area contributed by atoms with Crippen molar-refractivity contribution in [2.24, 2.45) is 0 Å². The Morgan fingerprint density at radius 2 is 2.24 bits per heavy atom. The summed E-state index contributed by atoms with van der Waals surface area (Å²) in [5.41, 5.74) is 3.59. The van der Waals surface area contributed by atoms with Crippen LogP contribution in [0.1, 0.15) is 36.6 Å². The first kappa shape index (κ1) is 19.7. The zero-order valence-corrected chi connectivity index (χ0v) is 17.8. The van der Waals surface area contributed by atoms with Gasteiger partial charge in [0.1, 0.15) is 16.8 Å². The third kappa shape index (κ3) is 4.07. The topological polar surface area (TPSA) is 87.9 Å². The van der Waals surface area contributed by atoms with E-state index in [4.69, 9.17) is 4.74 Å². The zero-order chi connectivity index (χ0) is 20.4. The molecule has 1 unspecified atom stereocenters. The van der Waals surface area contributed by atoms with Gasteiger partial charge in [0.15, 0.2) is 5.13 Å². The number of fused-ring (bicyclic) bond motifs is 2. The van der Waals surface area contributed by atoms with Crippen molar-refractivity contribution in [2.45, 2.75) is 42.9 Å². The Hall–Kier alpha value is -2.63. The lowest BCUT2D eigenvalue weighted by molar-refractivity contribution is -0.115. The lowest BCUT2D eigenvalue weighted by Gasteiger charge is -2.14. The zero-order valence-electron chi connectivity index (χ0n) is 16.2. The van der Waals surface area contributed by atoms with E-state index < -0.39 is 0 Å². The number of carbonyl (C=O) groups excluding carboxylic acids is 1. The van der Waals surface area contributed by atoms with Crippen LogP contribution in [0.25, 0.3) is 10.2 Å². The molecule has 1 atom stereocenters. The van der Waals surface area contributed by atoms with Crippen LogP contribution in [0.15, 0.2) is 29.3 Å². The van der Waals surface area contributed by atoms with Crippen LogP contribution in [0.4, 0.5) is 5.13 Å². The first-order valence-electron chi connectivity index (χ1n) is 9.46. The molecule has 1 aliphatic rings. The Morgan fingerprint density at radius 3 is 3.00 bits per heavy atom. The summed E-state index contributed by atoms with van der Waals surface area (Å²) in [5, 5.41) is 13.3. The molecule has 2 heterocycles. The number of anilines is 1. The fourth-order valence-electron chi connectivity index (χ4n) is 3.35. The lowest BCUT2D eigenvalue weighted by atomic mass is 10.2. The number of pyridine rings is 1. The van der Waals surface area contributed by atoms with Crippen molar-refractivity contribution in [3.63, 3.8) is 0 Å². The number of amides is 1. The van der Waals surface area contributed by atoms with Gasteiger partial charge in [0.25, 0.3) is 0 Å². The summed E-state index contributed by atoms with van der Waals surface area (Å²) in [6.45, 7) is 1.96. The first-order chi connectivity index (χ1) is 14.1. The van der Waals surface area contributed by atoms with Crippen LogP contribution in [-0.4, -0.2) is 28.2 Å². The molecular formula is C21H20N4O2S2. The third-order valence-corrected chi connectivity index (χ3v) is 7.18. The third-order valence-electron chi connectivity index (χ3n) is 4.88. The predicted octanol–water partition coefficient (Wildman–Crippen LogP) is 4.57. The van der Waals surface area contributed by atoms with Crippen molar-refractivity contribution in [1.82, 2.24) is 9.97 Å². The maximum atomic E-state index is 12.9. The van der Waals surface area contributed by atoms with Gasteiger partial charge in [0.05, 0.1) is 28.1 Å². The van der Waals surface area contributed by atoms with Crippen LogP contribution < -0.4 is 10.1 Å². The number of rotatable bonds is 6. The van der Waals surface area contributed by atoms with Gasteiger partial charge in [-0.25, -0.2) is 9.97 Å². The molecule has 1 amide bonds. The molecule has 3 aromatic rings. The maximum absolute atomic E-state index is 12.9. The Kier molecular flexibility index (Phi) is 5.69. The Balaban J connectivity index is 1.52. The number of aromatic nitrogens is 2. The predicted molar refractivity (Wildman–Crippen MR) is 116 cm³/mol. The molecule has 0 saturated carbocycles. The van der Waals surface area contributed by atoms with Gasteiger partial charge >= 0.3 is 0 Å². The first-order valence-corrected chi connectivity index (χ1v) is 11.2. The molecule has 0 saturated heterocycles. The largest absolute Gasteiger partial charge is 0.497 e. The number of benzene rings is 1. The molecule has 148 valence electrons. The minimum Gasteiger partial charge on any atom is -0.497 e. The molecule has 0 radical (unpaired) electrons. The molecule has 0 bridgehead atoms. The van der Waals surface area contributed by atoms with E-state index in [-0.39, 0.29) is 11.2 Å². The molecule has 8 heteroatoms. The van der Waals surface area contributed by atoms with Crippen molar-refractivity contribution in [3.8, 4) is 11.8 Å². The average molecular weight is 425 g/mol. The van der Waals surface area contributed by atoms with E-state index >= 15 is 0 Å². The number of ether oxygens (including phenoxy) is 1. The number of nitrogens with one attached hydrogen (secondary N) is 1. The Bertz CT molecular complexity index is 1120. The normalized spacial score (nSPS) is 13.7. The minimum atomic E-state index is -0.351. The van der Waals surface area contributed by atoms with E-state index in [1.54, 1.807) is 7.11 Å². The molecule has 29 heavy (non-hydrogen) atoms. The average Bonchev–Trinajstić information content (AvgIpc) is 3.35. The van der Waals surface area contributed by atoms with Crippen LogP contribution in [0.2, 0.25) is 0 Å². The summed E-state index contributed by atoms with van der Waals surface area (Å²) in [6, 6.07) is 9.80. The molecule has 6 nitrogen and oxygen atoms in total. The smallest absolute Gasteiger partial charge is 0.239 e. The summed E-state index contributed by atoms with van der Waals surface area (Å²) < 4.78 is 6.19. The summed E-state index contributed by atoms with van der Waals surface area (Å²) in [6.07, 6.45) is 3.61. The number of nitrogens with zero attached hydrogens (tertiary/aromatic N) is 3. The van der Waals surface area contributed by atoms with Gasteiger partial charge in [-0.05, 0) is 55.5 Å². The molecular weight excluding hydrogens is 404 g/mol. The Labute approximate surface area is 177 Å². The molecule has 4 rings (SSSR count). The van der Waals surface area contributed by atoms with E-state index in [1.807, 2.05) is 31.2 Å². The highest BCUT2D eigenvalue weighted by Crippen LogP contribution is 2.33. The molecule has 1 aromatic carbocycles. The van der Waals surface area contributed by atoms with Crippen molar-refractivity contribution in [1.29, 1.82) is 5.26 Å². The highest BCUT2D eigenvalue weighted by atomic mass is 32.2. The molecule has 0 spiro atoms. The second kappa shape index (κ2) is 8.39. The van der Waals surface area contributed by atoms with E-state index in [0.717, 1.165) is 46.5 Å². The summed E-state index contributed by atoms with van der Waals surface area (Å²) in [7, 11) is 1.62. The highest BCUT2D eigenvalue weighted by Gasteiger charge is 2.24. The van der Waals surface area contributed by atoms with Gasteiger partial charge in [-0.1, -0.05) is 30.0 Å². The number of methoxy groups -OCH3 is 1. The van der Waals surface area contributed by atoms with Crippen LogP contribution in [0.5, 0.6) is 5.75 Å². The van der Waals surface area contributed by atoms with Gasteiger partial charge in [-0.2, -0.15) is 5.26 Å². The lowest BCUT2D eigenvalue weighted by Crippen LogP contribution is -2.24. The monoisotopic (exact) mass is 424 g/mol. The quantitative estimate of drug-likeness (QED) is 0.583.